The van der Waals surface area contributed by atoms with Gasteiger partial charge < -0.3 is 10.5 Å². The lowest BCUT2D eigenvalue weighted by Gasteiger charge is -2.28. The molecule has 0 aliphatic carbocycles. The van der Waals surface area contributed by atoms with Gasteiger partial charge in [-0.25, -0.2) is 0 Å². The first kappa shape index (κ1) is 13.2. The average Bonchev–Trinajstić information content (AvgIpc) is 2.79. The van der Waals surface area contributed by atoms with Crippen LogP contribution in [0.2, 0.25) is 0 Å². The number of thiophene rings is 1. The quantitative estimate of drug-likeness (QED) is 0.777. The van der Waals surface area contributed by atoms with Gasteiger partial charge in [0.2, 0.25) is 0 Å². The molecule has 0 saturated heterocycles. The van der Waals surface area contributed by atoms with E-state index in [4.69, 9.17) is 10.5 Å². The third-order valence-electron chi connectivity index (χ3n) is 2.87. The molecule has 0 amide bonds. The minimum absolute atomic E-state index is 0.173. The molecule has 0 spiro atoms. The summed E-state index contributed by atoms with van der Waals surface area (Å²) in [5, 5.41) is 2.01. The summed E-state index contributed by atoms with van der Waals surface area (Å²) in [6.07, 6.45) is 1.39. The number of rotatable bonds is 6. The summed E-state index contributed by atoms with van der Waals surface area (Å²) in [5.74, 6) is -0.173. The second-order valence-corrected chi connectivity index (χ2v) is 4.85. The molecule has 0 aliphatic rings. The van der Waals surface area contributed by atoms with E-state index >= 15 is 0 Å². The van der Waals surface area contributed by atoms with Crippen molar-refractivity contribution < 1.29 is 9.53 Å². The smallest absolute Gasteiger partial charge is 0.313 e. The van der Waals surface area contributed by atoms with Crippen molar-refractivity contribution in [1.29, 1.82) is 0 Å². The third-order valence-corrected chi connectivity index (χ3v) is 3.75. The Labute approximate surface area is 101 Å². The Morgan fingerprint density at radius 1 is 1.56 bits per heavy atom. The van der Waals surface area contributed by atoms with Crippen molar-refractivity contribution in [1.82, 2.24) is 0 Å². The Kier molecular flexibility index (Phi) is 4.96. The number of carbonyl (C=O) groups excluding carboxylic acids is 1. The summed E-state index contributed by atoms with van der Waals surface area (Å²) in [4.78, 5) is 13.1. The first-order valence-electron chi connectivity index (χ1n) is 5.58. The maximum absolute atomic E-state index is 12.0. The van der Waals surface area contributed by atoms with E-state index in [1.54, 1.807) is 11.3 Å². The van der Waals surface area contributed by atoms with Gasteiger partial charge in [-0.1, -0.05) is 13.0 Å². The fourth-order valence-electron chi connectivity index (χ4n) is 1.67. The van der Waals surface area contributed by atoms with Gasteiger partial charge in [0.1, 0.15) is 0 Å². The van der Waals surface area contributed by atoms with Crippen LogP contribution in [0, 0.1) is 5.41 Å². The first-order valence-corrected chi connectivity index (χ1v) is 6.46. The maximum atomic E-state index is 12.0. The number of nitrogens with two attached hydrogens (primary N) is 1. The highest BCUT2D eigenvalue weighted by Gasteiger charge is 2.37. The van der Waals surface area contributed by atoms with E-state index in [1.807, 2.05) is 31.4 Å². The molecular weight excluding hydrogens is 222 g/mol. The molecule has 0 aliphatic heterocycles. The highest BCUT2D eigenvalue weighted by atomic mass is 32.1. The monoisotopic (exact) mass is 241 g/mol. The second-order valence-electron chi connectivity index (χ2n) is 3.81. The zero-order valence-corrected chi connectivity index (χ0v) is 10.7. The molecule has 1 rings (SSSR count). The highest BCUT2D eigenvalue weighted by Crippen LogP contribution is 2.29. The van der Waals surface area contributed by atoms with Crippen molar-refractivity contribution >= 4 is 17.3 Å². The maximum Gasteiger partial charge on any atom is 0.313 e. The summed E-state index contributed by atoms with van der Waals surface area (Å²) >= 11 is 1.65. The lowest BCUT2D eigenvalue weighted by Crippen LogP contribution is -2.41. The molecule has 1 aromatic rings. The zero-order valence-electron chi connectivity index (χ0n) is 9.86. The van der Waals surface area contributed by atoms with E-state index in [2.05, 4.69) is 0 Å². The molecule has 16 heavy (non-hydrogen) atoms. The number of ether oxygens (including phenoxy) is 1. The van der Waals surface area contributed by atoms with Crippen LogP contribution >= 0.6 is 11.3 Å². The lowest BCUT2D eigenvalue weighted by molar-refractivity contribution is -0.155. The second kappa shape index (κ2) is 6.01. The van der Waals surface area contributed by atoms with Crippen LogP contribution in [-0.2, 0) is 16.0 Å². The molecule has 0 saturated carbocycles. The van der Waals surface area contributed by atoms with Gasteiger partial charge in [0.05, 0.1) is 12.0 Å². The molecule has 0 bridgehead atoms. The fraction of sp³-hybridized carbons (Fsp3) is 0.583. The van der Waals surface area contributed by atoms with Crippen LogP contribution in [0.3, 0.4) is 0 Å². The number of carbonyl (C=O) groups is 1. The molecule has 1 atom stereocenters. The number of esters is 1. The van der Waals surface area contributed by atoms with Crippen molar-refractivity contribution in [3.8, 4) is 0 Å². The van der Waals surface area contributed by atoms with Crippen LogP contribution in [0.1, 0.15) is 25.1 Å². The molecule has 0 radical (unpaired) electrons. The van der Waals surface area contributed by atoms with Gasteiger partial charge in [-0.05, 0) is 31.2 Å². The number of hydrogen-bond acceptors (Lipinski definition) is 4. The molecule has 0 fully saturated rings. The van der Waals surface area contributed by atoms with E-state index in [-0.39, 0.29) is 5.97 Å². The summed E-state index contributed by atoms with van der Waals surface area (Å²) < 4.78 is 5.12. The van der Waals surface area contributed by atoms with Crippen LogP contribution < -0.4 is 5.73 Å². The van der Waals surface area contributed by atoms with Crippen molar-refractivity contribution in [2.75, 3.05) is 13.2 Å². The molecule has 1 unspecified atom stereocenters. The average molecular weight is 241 g/mol. The molecule has 1 heterocycles. The Hall–Kier alpha value is -0.870. The topological polar surface area (TPSA) is 52.3 Å². The van der Waals surface area contributed by atoms with Crippen molar-refractivity contribution in [2.45, 2.75) is 26.7 Å². The van der Waals surface area contributed by atoms with Crippen LogP contribution in [0.4, 0.5) is 0 Å². The Bertz CT molecular complexity index is 318. The minimum atomic E-state index is -0.555. The van der Waals surface area contributed by atoms with E-state index in [0.717, 1.165) is 0 Å². The van der Waals surface area contributed by atoms with Gasteiger partial charge in [0, 0.05) is 11.4 Å². The largest absolute Gasteiger partial charge is 0.466 e. The summed E-state index contributed by atoms with van der Waals surface area (Å²) in [6, 6.07) is 4.02. The fourth-order valence-corrected chi connectivity index (χ4v) is 2.52. The van der Waals surface area contributed by atoms with Crippen LogP contribution in [0.25, 0.3) is 0 Å². The summed E-state index contributed by atoms with van der Waals surface area (Å²) in [5.41, 5.74) is 5.22. The van der Waals surface area contributed by atoms with E-state index in [1.165, 1.54) is 4.88 Å². The predicted octanol–water partition coefficient (Wildman–Crippen LogP) is 2.21. The first-order chi connectivity index (χ1) is 7.68. The van der Waals surface area contributed by atoms with E-state index in [9.17, 15) is 4.79 Å². The number of hydrogen-bond donors (Lipinski definition) is 1. The molecule has 0 aromatic carbocycles. The third kappa shape index (κ3) is 2.83. The molecule has 1 aromatic heterocycles. The molecule has 4 heteroatoms. The van der Waals surface area contributed by atoms with Gasteiger partial charge in [-0.3, -0.25) is 4.79 Å². The molecular formula is C12H19NO2S. The Morgan fingerprint density at radius 2 is 2.31 bits per heavy atom. The zero-order chi connectivity index (χ0) is 12.0. The molecule has 2 N–H and O–H groups in total. The van der Waals surface area contributed by atoms with Gasteiger partial charge in [-0.2, -0.15) is 0 Å². The SMILES string of the molecule is CCOC(=O)C(CC)(CN)Cc1cccs1. The summed E-state index contributed by atoms with van der Waals surface area (Å²) in [6.45, 7) is 4.54. The Balaban J connectivity index is 2.83. The van der Waals surface area contributed by atoms with Gasteiger partial charge in [0.15, 0.2) is 0 Å². The standard InChI is InChI=1S/C12H19NO2S/c1-3-12(9-13,11(14)15-4-2)8-10-6-5-7-16-10/h5-7H,3-4,8-9,13H2,1-2H3. The van der Waals surface area contributed by atoms with Crippen molar-refractivity contribution in [3.63, 3.8) is 0 Å². The minimum Gasteiger partial charge on any atom is -0.466 e. The van der Waals surface area contributed by atoms with Crippen molar-refractivity contribution in [3.05, 3.63) is 22.4 Å². The van der Waals surface area contributed by atoms with Crippen LogP contribution in [-0.4, -0.2) is 19.1 Å². The van der Waals surface area contributed by atoms with Gasteiger partial charge in [-0.15, -0.1) is 11.3 Å². The normalized spacial score (nSPS) is 14.4. The predicted molar refractivity (Wildman–Crippen MR) is 66.4 cm³/mol. The Morgan fingerprint density at radius 3 is 2.75 bits per heavy atom. The van der Waals surface area contributed by atoms with Crippen LogP contribution in [0.5, 0.6) is 0 Å². The van der Waals surface area contributed by atoms with E-state index < -0.39 is 5.41 Å². The van der Waals surface area contributed by atoms with E-state index in [0.29, 0.717) is 26.0 Å². The van der Waals surface area contributed by atoms with Gasteiger partial charge >= 0.3 is 5.97 Å². The molecule has 3 nitrogen and oxygen atoms in total. The summed E-state index contributed by atoms with van der Waals surface area (Å²) in [7, 11) is 0. The lowest BCUT2D eigenvalue weighted by atomic mass is 9.81. The van der Waals surface area contributed by atoms with Crippen molar-refractivity contribution in [2.24, 2.45) is 11.1 Å². The van der Waals surface area contributed by atoms with Gasteiger partial charge in [0.25, 0.3) is 0 Å². The molecule has 90 valence electrons. The highest BCUT2D eigenvalue weighted by molar-refractivity contribution is 7.09. The van der Waals surface area contributed by atoms with Crippen LogP contribution in [0.15, 0.2) is 17.5 Å².